The molecule has 3 rings (SSSR count). The highest BCUT2D eigenvalue weighted by Crippen LogP contribution is 2.47. The Bertz CT molecular complexity index is 522. The molecule has 20 heavy (non-hydrogen) atoms. The first kappa shape index (κ1) is 14.0. The van der Waals surface area contributed by atoms with Crippen LogP contribution in [0.3, 0.4) is 0 Å². The van der Waals surface area contributed by atoms with E-state index in [1.54, 1.807) is 11.3 Å². The van der Waals surface area contributed by atoms with Crippen LogP contribution in [0, 0.1) is 19.8 Å². The van der Waals surface area contributed by atoms with Gasteiger partial charge in [0, 0.05) is 17.0 Å². The molecule has 2 heterocycles. The number of rotatable bonds is 3. The zero-order valence-electron chi connectivity index (χ0n) is 12.2. The van der Waals surface area contributed by atoms with Crippen molar-refractivity contribution in [3.8, 4) is 0 Å². The Balaban J connectivity index is 1.76. The molecule has 1 unspecified atom stereocenters. The molecule has 1 saturated heterocycles. The van der Waals surface area contributed by atoms with Gasteiger partial charge in [0.2, 0.25) is 0 Å². The van der Waals surface area contributed by atoms with Gasteiger partial charge in [0.15, 0.2) is 0 Å². The molecule has 5 heteroatoms. The fourth-order valence-corrected chi connectivity index (χ4v) is 4.53. The third-order valence-electron chi connectivity index (χ3n) is 5.02. The minimum absolute atomic E-state index is 0.144. The van der Waals surface area contributed by atoms with Crippen LogP contribution in [0.1, 0.15) is 47.7 Å². The number of aryl methyl sites for hydroxylation is 2. The van der Waals surface area contributed by atoms with Crippen molar-refractivity contribution in [3.63, 3.8) is 0 Å². The van der Waals surface area contributed by atoms with Gasteiger partial charge in [-0.15, -0.1) is 11.3 Å². The number of carbonyl (C=O) groups is 1. The maximum atomic E-state index is 11.3. The first-order valence-corrected chi connectivity index (χ1v) is 8.23. The van der Waals surface area contributed by atoms with E-state index >= 15 is 0 Å². The Morgan fingerprint density at radius 3 is 2.75 bits per heavy atom. The summed E-state index contributed by atoms with van der Waals surface area (Å²) in [5, 5.41) is 10.4. The van der Waals surface area contributed by atoms with Crippen molar-refractivity contribution in [2.45, 2.75) is 58.0 Å². The highest BCUT2D eigenvalue weighted by atomic mass is 32.1. The van der Waals surface area contributed by atoms with Crippen molar-refractivity contribution in [1.82, 2.24) is 9.88 Å². The molecule has 0 amide bonds. The Labute approximate surface area is 123 Å². The van der Waals surface area contributed by atoms with E-state index in [4.69, 9.17) is 0 Å². The number of aliphatic carboxylic acids is 1. The molecule has 2 aliphatic rings. The van der Waals surface area contributed by atoms with E-state index in [2.05, 4.69) is 23.7 Å². The lowest BCUT2D eigenvalue weighted by Gasteiger charge is -2.54. The Morgan fingerprint density at radius 2 is 2.25 bits per heavy atom. The molecule has 1 saturated carbocycles. The Morgan fingerprint density at radius 1 is 1.50 bits per heavy atom. The van der Waals surface area contributed by atoms with Crippen molar-refractivity contribution in [2.75, 3.05) is 6.54 Å². The number of nitrogens with zero attached hydrogens (tertiary/aromatic N) is 2. The van der Waals surface area contributed by atoms with Gasteiger partial charge in [0.1, 0.15) is 0 Å². The van der Waals surface area contributed by atoms with Gasteiger partial charge in [0.25, 0.3) is 0 Å². The summed E-state index contributed by atoms with van der Waals surface area (Å²) in [6, 6.07) is 0. The molecule has 1 N–H and O–H groups in total. The number of carboxylic acid groups (broad SMARTS) is 1. The number of hydrogen-bond acceptors (Lipinski definition) is 4. The number of carboxylic acids is 1. The predicted molar refractivity (Wildman–Crippen MR) is 78.9 cm³/mol. The molecule has 1 aliphatic heterocycles. The average molecular weight is 294 g/mol. The second-order valence-electron chi connectivity index (χ2n) is 6.26. The zero-order chi connectivity index (χ0) is 14.3. The molecule has 1 atom stereocenters. The van der Waals surface area contributed by atoms with E-state index in [9.17, 15) is 9.90 Å². The molecule has 1 aromatic heterocycles. The van der Waals surface area contributed by atoms with Crippen LogP contribution < -0.4 is 0 Å². The zero-order valence-corrected chi connectivity index (χ0v) is 13.0. The van der Waals surface area contributed by atoms with Gasteiger partial charge in [-0.1, -0.05) is 0 Å². The standard InChI is InChI=1S/C15H22N2O2S/c1-10-13(16-11(2)20-10)9-17-7-4-12(14(18)19)8-15(17)5-3-6-15/h12H,3-9H2,1-2H3,(H,18,19). The first-order valence-electron chi connectivity index (χ1n) is 7.41. The molecule has 0 radical (unpaired) electrons. The molecule has 1 aliphatic carbocycles. The molecule has 0 aromatic carbocycles. The summed E-state index contributed by atoms with van der Waals surface area (Å²) >= 11 is 1.76. The first-order chi connectivity index (χ1) is 9.50. The smallest absolute Gasteiger partial charge is 0.306 e. The topological polar surface area (TPSA) is 53.4 Å². The molecule has 2 fully saturated rings. The number of thiazole rings is 1. The summed E-state index contributed by atoms with van der Waals surface area (Å²) < 4.78 is 0. The van der Waals surface area contributed by atoms with Crippen molar-refractivity contribution < 1.29 is 9.90 Å². The highest BCUT2D eigenvalue weighted by molar-refractivity contribution is 7.11. The lowest BCUT2D eigenvalue weighted by Crippen LogP contribution is -2.58. The maximum absolute atomic E-state index is 11.3. The van der Waals surface area contributed by atoms with E-state index < -0.39 is 5.97 Å². The van der Waals surface area contributed by atoms with Crippen LogP contribution in [-0.2, 0) is 11.3 Å². The monoisotopic (exact) mass is 294 g/mol. The van der Waals surface area contributed by atoms with E-state index in [0.29, 0.717) is 0 Å². The highest BCUT2D eigenvalue weighted by Gasteiger charge is 2.48. The lowest BCUT2D eigenvalue weighted by atomic mass is 9.67. The van der Waals surface area contributed by atoms with Gasteiger partial charge < -0.3 is 5.11 Å². The van der Waals surface area contributed by atoms with Crippen LogP contribution in [0.5, 0.6) is 0 Å². The summed E-state index contributed by atoms with van der Waals surface area (Å²) in [5.74, 6) is -0.763. The van der Waals surface area contributed by atoms with E-state index in [0.717, 1.165) is 43.8 Å². The fraction of sp³-hybridized carbons (Fsp3) is 0.733. The van der Waals surface area contributed by atoms with Crippen LogP contribution >= 0.6 is 11.3 Å². The molecule has 1 spiro atoms. The number of aromatic nitrogens is 1. The second-order valence-corrected chi connectivity index (χ2v) is 7.67. The molecule has 110 valence electrons. The summed E-state index contributed by atoms with van der Waals surface area (Å²) in [6.45, 7) is 5.98. The summed E-state index contributed by atoms with van der Waals surface area (Å²) in [7, 11) is 0. The lowest BCUT2D eigenvalue weighted by molar-refractivity contribution is -0.148. The molecule has 4 nitrogen and oxygen atoms in total. The van der Waals surface area contributed by atoms with Gasteiger partial charge in [-0.2, -0.15) is 0 Å². The molecular weight excluding hydrogens is 272 g/mol. The predicted octanol–water partition coefficient (Wildman–Crippen LogP) is 2.98. The normalized spacial score (nSPS) is 25.6. The number of hydrogen-bond donors (Lipinski definition) is 1. The maximum Gasteiger partial charge on any atom is 0.306 e. The van der Waals surface area contributed by atoms with Crippen LogP contribution in [0.25, 0.3) is 0 Å². The number of piperidine rings is 1. The second kappa shape index (κ2) is 5.11. The van der Waals surface area contributed by atoms with Crippen molar-refractivity contribution in [2.24, 2.45) is 5.92 Å². The molecule has 1 aromatic rings. The fourth-order valence-electron chi connectivity index (χ4n) is 3.70. The van der Waals surface area contributed by atoms with Crippen LogP contribution in [-0.4, -0.2) is 33.0 Å². The SMILES string of the molecule is Cc1nc(CN2CCC(C(=O)O)CC23CCC3)c(C)s1. The van der Waals surface area contributed by atoms with Crippen LogP contribution in [0.2, 0.25) is 0 Å². The summed E-state index contributed by atoms with van der Waals surface area (Å²) in [5.41, 5.74) is 1.33. The summed E-state index contributed by atoms with van der Waals surface area (Å²) in [4.78, 5) is 19.7. The van der Waals surface area contributed by atoms with Crippen molar-refractivity contribution in [1.29, 1.82) is 0 Å². The quantitative estimate of drug-likeness (QED) is 0.931. The molecule has 0 bridgehead atoms. The van der Waals surface area contributed by atoms with Gasteiger partial charge in [0.05, 0.1) is 16.6 Å². The average Bonchev–Trinajstić information content (AvgIpc) is 2.66. The minimum Gasteiger partial charge on any atom is -0.481 e. The van der Waals surface area contributed by atoms with Crippen LogP contribution in [0.15, 0.2) is 0 Å². The van der Waals surface area contributed by atoms with E-state index in [1.807, 2.05) is 0 Å². The van der Waals surface area contributed by atoms with E-state index in [-0.39, 0.29) is 11.5 Å². The molecular formula is C15H22N2O2S. The number of likely N-dealkylation sites (tertiary alicyclic amines) is 1. The van der Waals surface area contributed by atoms with Gasteiger partial charge in [-0.3, -0.25) is 9.69 Å². The van der Waals surface area contributed by atoms with Crippen LogP contribution in [0.4, 0.5) is 0 Å². The largest absolute Gasteiger partial charge is 0.481 e. The van der Waals surface area contributed by atoms with Gasteiger partial charge in [-0.05, 0) is 52.5 Å². The third kappa shape index (κ3) is 2.37. The van der Waals surface area contributed by atoms with Crippen molar-refractivity contribution >= 4 is 17.3 Å². The Kier molecular flexibility index (Phi) is 3.58. The van der Waals surface area contributed by atoms with Gasteiger partial charge in [-0.25, -0.2) is 4.98 Å². The minimum atomic E-state index is -0.614. The summed E-state index contributed by atoms with van der Waals surface area (Å²) in [6.07, 6.45) is 5.14. The van der Waals surface area contributed by atoms with Crippen molar-refractivity contribution in [3.05, 3.63) is 15.6 Å². The Hall–Kier alpha value is -0.940. The van der Waals surface area contributed by atoms with E-state index in [1.165, 1.54) is 17.0 Å². The van der Waals surface area contributed by atoms with Gasteiger partial charge >= 0.3 is 5.97 Å². The third-order valence-corrected chi connectivity index (χ3v) is 5.95.